The largest absolute Gasteiger partial charge is 0.481 e. The Hall–Kier alpha value is -1.59. The summed E-state index contributed by atoms with van der Waals surface area (Å²) in [7, 11) is 0. The molecule has 0 spiro atoms. The lowest BCUT2D eigenvalue weighted by atomic mass is 9.76. The first-order valence-electron chi connectivity index (χ1n) is 9.13. The van der Waals surface area contributed by atoms with Gasteiger partial charge in [-0.2, -0.15) is 0 Å². The van der Waals surface area contributed by atoms with Crippen LogP contribution < -0.4 is 5.32 Å². The van der Waals surface area contributed by atoms with Crippen molar-refractivity contribution < 1.29 is 19.5 Å². The molecule has 6 heteroatoms. The van der Waals surface area contributed by atoms with E-state index in [-0.39, 0.29) is 30.8 Å². The van der Waals surface area contributed by atoms with E-state index in [9.17, 15) is 19.5 Å². The summed E-state index contributed by atoms with van der Waals surface area (Å²) in [6, 6.07) is 0. The van der Waals surface area contributed by atoms with Gasteiger partial charge in [0.05, 0.1) is 12.0 Å². The highest BCUT2D eigenvalue weighted by atomic mass is 16.4. The SMILES string of the molecule is CC(C)C1(C(=O)O)CCN(C(=O)CNC(=O)CC2CCCCC2)C1. The maximum atomic E-state index is 12.3. The van der Waals surface area contributed by atoms with Crippen LogP contribution in [0.5, 0.6) is 0 Å². The van der Waals surface area contributed by atoms with Crippen molar-refractivity contribution in [2.45, 2.75) is 58.8 Å². The van der Waals surface area contributed by atoms with E-state index in [2.05, 4.69) is 5.32 Å². The second kappa shape index (κ2) is 7.99. The number of amides is 2. The number of nitrogens with one attached hydrogen (secondary N) is 1. The zero-order chi connectivity index (χ0) is 17.7. The molecule has 2 rings (SSSR count). The number of carbonyl (C=O) groups excluding carboxylic acids is 2. The van der Waals surface area contributed by atoms with E-state index in [4.69, 9.17) is 0 Å². The van der Waals surface area contributed by atoms with E-state index in [0.29, 0.717) is 25.3 Å². The van der Waals surface area contributed by atoms with Gasteiger partial charge in [-0.1, -0.05) is 33.1 Å². The third-order valence-electron chi connectivity index (χ3n) is 5.82. The fourth-order valence-corrected chi connectivity index (χ4v) is 3.95. The number of carbonyl (C=O) groups is 3. The number of hydrogen-bond donors (Lipinski definition) is 2. The lowest BCUT2D eigenvalue weighted by molar-refractivity contribution is -0.151. The topological polar surface area (TPSA) is 86.7 Å². The van der Waals surface area contributed by atoms with Gasteiger partial charge in [0.1, 0.15) is 0 Å². The number of aliphatic carboxylic acids is 1. The highest BCUT2D eigenvalue weighted by Crippen LogP contribution is 2.38. The van der Waals surface area contributed by atoms with Crippen LogP contribution in [-0.2, 0) is 14.4 Å². The predicted molar refractivity (Wildman–Crippen MR) is 90.3 cm³/mol. The van der Waals surface area contributed by atoms with Crippen molar-refractivity contribution in [2.24, 2.45) is 17.3 Å². The molecule has 2 N–H and O–H groups in total. The molecule has 2 fully saturated rings. The highest BCUT2D eigenvalue weighted by molar-refractivity contribution is 5.86. The molecule has 1 saturated carbocycles. The molecule has 2 aliphatic rings. The standard InChI is InChI=1S/C18H30N2O4/c1-13(2)18(17(23)24)8-9-20(12-18)16(22)11-19-15(21)10-14-6-4-3-5-7-14/h13-14H,3-12H2,1-2H3,(H,19,21)(H,23,24). The lowest BCUT2D eigenvalue weighted by Gasteiger charge is -2.28. The van der Waals surface area contributed by atoms with Gasteiger partial charge in [-0.15, -0.1) is 0 Å². The minimum atomic E-state index is -0.859. The first-order chi connectivity index (χ1) is 11.3. The molecule has 24 heavy (non-hydrogen) atoms. The van der Waals surface area contributed by atoms with Gasteiger partial charge in [0.15, 0.2) is 0 Å². The van der Waals surface area contributed by atoms with E-state index in [0.717, 1.165) is 12.8 Å². The zero-order valence-corrected chi connectivity index (χ0v) is 14.8. The number of nitrogens with zero attached hydrogens (tertiary/aromatic N) is 1. The molecular formula is C18H30N2O4. The van der Waals surface area contributed by atoms with Crippen LogP contribution in [0, 0.1) is 17.3 Å². The number of carboxylic acids is 1. The van der Waals surface area contributed by atoms with Gasteiger partial charge in [-0.05, 0) is 31.1 Å². The molecule has 0 aromatic carbocycles. The van der Waals surface area contributed by atoms with E-state index >= 15 is 0 Å². The molecule has 6 nitrogen and oxygen atoms in total. The molecule has 1 unspecified atom stereocenters. The molecule has 0 radical (unpaired) electrons. The van der Waals surface area contributed by atoms with Gasteiger partial charge < -0.3 is 15.3 Å². The third-order valence-corrected chi connectivity index (χ3v) is 5.82. The Bertz CT molecular complexity index is 485. The lowest BCUT2D eigenvalue weighted by Crippen LogP contribution is -2.43. The van der Waals surface area contributed by atoms with E-state index in [1.807, 2.05) is 13.8 Å². The second-order valence-electron chi connectivity index (χ2n) is 7.67. The Morgan fingerprint density at radius 2 is 1.88 bits per heavy atom. The third kappa shape index (κ3) is 4.28. The van der Waals surface area contributed by atoms with Crippen molar-refractivity contribution in [3.63, 3.8) is 0 Å². The summed E-state index contributed by atoms with van der Waals surface area (Å²) in [6.45, 7) is 4.42. The monoisotopic (exact) mass is 338 g/mol. The Kier molecular flexibility index (Phi) is 6.24. The van der Waals surface area contributed by atoms with Gasteiger partial charge >= 0.3 is 5.97 Å². The Balaban J connectivity index is 1.78. The molecule has 136 valence electrons. The number of rotatable bonds is 6. The molecule has 1 saturated heterocycles. The number of hydrogen-bond acceptors (Lipinski definition) is 3. The summed E-state index contributed by atoms with van der Waals surface area (Å²) >= 11 is 0. The molecule has 0 aromatic heterocycles. The molecule has 0 aromatic rings. The number of carboxylic acid groups (broad SMARTS) is 1. The van der Waals surface area contributed by atoms with Gasteiger partial charge in [-0.25, -0.2) is 0 Å². The van der Waals surface area contributed by atoms with Crippen LogP contribution in [-0.4, -0.2) is 47.4 Å². The van der Waals surface area contributed by atoms with Crippen molar-refractivity contribution in [3.05, 3.63) is 0 Å². The summed E-state index contributed by atoms with van der Waals surface area (Å²) in [5.41, 5.74) is -0.859. The minimum Gasteiger partial charge on any atom is -0.481 e. The van der Waals surface area contributed by atoms with Gasteiger partial charge in [-0.3, -0.25) is 14.4 Å². The average molecular weight is 338 g/mol. The minimum absolute atomic E-state index is 0.0284. The van der Waals surface area contributed by atoms with Crippen LogP contribution in [0.3, 0.4) is 0 Å². The average Bonchev–Trinajstić information content (AvgIpc) is 3.00. The summed E-state index contributed by atoms with van der Waals surface area (Å²) in [5.74, 6) is -0.678. The number of likely N-dealkylation sites (tertiary alicyclic amines) is 1. The Labute approximate surface area is 144 Å². The second-order valence-corrected chi connectivity index (χ2v) is 7.67. The van der Waals surface area contributed by atoms with Crippen LogP contribution in [0.15, 0.2) is 0 Å². The quantitative estimate of drug-likeness (QED) is 0.776. The van der Waals surface area contributed by atoms with E-state index in [1.165, 1.54) is 19.3 Å². The van der Waals surface area contributed by atoms with Crippen molar-refractivity contribution in [1.82, 2.24) is 10.2 Å². The molecular weight excluding hydrogens is 308 g/mol. The van der Waals surface area contributed by atoms with Gasteiger partial charge in [0.25, 0.3) is 0 Å². The maximum Gasteiger partial charge on any atom is 0.311 e. The van der Waals surface area contributed by atoms with Crippen LogP contribution in [0.2, 0.25) is 0 Å². The van der Waals surface area contributed by atoms with Crippen molar-refractivity contribution in [3.8, 4) is 0 Å². The van der Waals surface area contributed by atoms with E-state index in [1.54, 1.807) is 4.90 Å². The van der Waals surface area contributed by atoms with Gasteiger partial charge in [0, 0.05) is 19.5 Å². The molecule has 1 aliphatic heterocycles. The Morgan fingerprint density at radius 3 is 2.42 bits per heavy atom. The maximum absolute atomic E-state index is 12.3. The van der Waals surface area contributed by atoms with Crippen LogP contribution in [0.4, 0.5) is 0 Å². The van der Waals surface area contributed by atoms with Crippen LogP contribution in [0.1, 0.15) is 58.8 Å². The summed E-state index contributed by atoms with van der Waals surface area (Å²) < 4.78 is 0. The van der Waals surface area contributed by atoms with Crippen LogP contribution >= 0.6 is 0 Å². The smallest absolute Gasteiger partial charge is 0.311 e. The fraction of sp³-hybridized carbons (Fsp3) is 0.833. The van der Waals surface area contributed by atoms with Crippen molar-refractivity contribution in [2.75, 3.05) is 19.6 Å². The molecule has 0 bridgehead atoms. The van der Waals surface area contributed by atoms with Crippen LogP contribution in [0.25, 0.3) is 0 Å². The summed E-state index contributed by atoms with van der Waals surface area (Å²) in [5, 5.41) is 12.2. The van der Waals surface area contributed by atoms with Crippen molar-refractivity contribution in [1.29, 1.82) is 0 Å². The molecule has 2 amide bonds. The van der Waals surface area contributed by atoms with E-state index < -0.39 is 11.4 Å². The predicted octanol–water partition coefficient (Wildman–Crippen LogP) is 2.03. The molecule has 1 heterocycles. The fourth-order valence-electron chi connectivity index (χ4n) is 3.95. The highest BCUT2D eigenvalue weighted by Gasteiger charge is 2.48. The normalized spacial score (nSPS) is 25.0. The summed E-state index contributed by atoms with van der Waals surface area (Å²) in [4.78, 5) is 37.5. The summed E-state index contributed by atoms with van der Waals surface area (Å²) in [6.07, 6.45) is 6.81. The first kappa shape index (κ1) is 18.7. The zero-order valence-electron chi connectivity index (χ0n) is 14.8. The molecule has 1 atom stereocenters. The Morgan fingerprint density at radius 1 is 1.21 bits per heavy atom. The van der Waals surface area contributed by atoms with Gasteiger partial charge in [0.2, 0.25) is 11.8 Å². The molecule has 1 aliphatic carbocycles. The first-order valence-corrected chi connectivity index (χ1v) is 9.13. The van der Waals surface area contributed by atoms with Crippen molar-refractivity contribution >= 4 is 17.8 Å².